The molecule has 0 saturated heterocycles. The molecular formula is C25H19BrF4N2O4. The van der Waals surface area contributed by atoms with Gasteiger partial charge in [-0.3, -0.25) is 9.69 Å². The molecule has 0 aliphatic carbocycles. The standard InChI is InChI=1S/C25H19BrF4N2O4/c1-35-19-9-2-15(3-10-19)13-32-21-11-6-17(26)12-20(21)24(25(28,29)30,36-23(32)34)14-31-22(33)16-4-7-18(27)8-5-16/h2-12H,13-14H2,1H3,(H,31,33). The maximum Gasteiger partial charge on any atom is 0.434 e. The highest BCUT2D eigenvalue weighted by Gasteiger charge is 2.63. The van der Waals surface area contributed by atoms with Crippen LogP contribution in [-0.4, -0.2) is 31.8 Å². The summed E-state index contributed by atoms with van der Waals surface area (Å²) < 4.78 is 67.5. The number of cyclic esters (lactones) is 1. The van der Waals surface area contributed by atoms with Crippen LogP contribution in [0.5, 0.6) is 5.75 Å². The van der Waals surface area contributed by atoms with E-state index >= 15 is 0 Å². The van der Waals surface area contributed by atoms with Gasteiger partial charge in [-0.15, -0.1) is 0 Å². The first-order valence-corrected chi connectivity index (χ1v) is 11.4. The molecule has 188 valence electrons. The number of benzene rings is 3. The van der Waals surface area contributed by atoms with Crippen molar-refractivity contribution in [3.63, 3.8) is 0 Å². The van der Waals surface area contributed by atoms with Crippen molar-refractivity contribution in [2.45, 2.75) is 18.3 Å². The number of carbonyl (C=O) groups is 2. The number of nitrogens with zero attached hydrogens (tertiary/aromatic N) is 1. The van der Waals surface area contributed by atoms with Gasteiger partial charge in [-0.2, -0.15) is 13.2 Å². The van der Waals surface area contributed by atoms with Gasteiger partial charge in [0.2, 0.25) is 0 Å². The highest BCUT2D eigenvalue weighted by atomic mass is 79.9. The molecule has 0 bridgehead atoms. The van der Waals surface area contributed by atoms with Crippen LogP contribution in [0, 0.1) is 5.82 Å². The highest BCUT2D eigenvalue weighted by Crippen LogP contribution is 2.49. The lowest BCUT2D eigenvalue weighted by Gasteiger charge is -2.43. The summed E-state index contributed by atoms with van der Waals surface area (Å²) in [5.74, 6) is -0.903. The smallest absolute Gasteiger partial charge is 0.434 e. The molecule has 0 fully saturated rings. The van der Waals surface area contributed by atoms with E-state index in [9.17, 15) is 27.2 Å². The Balaban J connectivity index is 1.71. The first-order valence-electron chi connectivity index (χ1n) is 10.6. The number of fused-ring (bicyclic) bond motifs is 1. The van der Waals surface area contributed by atoms with E-state index in [2.05, 4.69) is 21.2 Å². The fourth-order valence-electron chi connectivity index (χ4n) is 3.84. The zero-order valence-electron chi connectivity index (χ0n) is 18.7. The minimum atomic E-state index is -5.08. The Morgan fingerprint density at radius 3 is 2.36 bits per heavy atom. The summed E-state index contributed by atoms with van der Waals surface area (Å²) in [4.78, 5) is 26.6. The number of hydrogen-bond acceptors (Lipinski definition) is 4. The molecule has 1 aliphatic rings. The van der Waals surface area contributed by atoms with Crippen molar-refractivity contribution in [1.29, 1.82) is 0 Å². The van der Waals surface area contributed by atoms with Gasteiger partial charge in [0.15, 0.2) is 0 Å². The van der Waals surface area contributed by atoms with E-state index in [1.54, 1.807) is 24.3 Å². The topological polar surface area (TPSA) is 67.9 Å². The molecule has 0 aromatic heterocycles. The summed E-state index contributed by atoms with van der Waals surface area (Å²) >= 11 is 3.19. The average molecular weight is 567 g/mol. The minimum Gasteiger partial charge on any atom is -0.497 e. The number of methoxy groups -OCH3 is 1. The van der Waals surface area contributed by atoms with E-state index in [0.717, 1.165) is 29.2 Å². The van der Waals surface area contributed by atoms with Crippen LogP contribution in [-0.2, 0) is 16.9 Å². The van der Waals surface area contributed by atoms with Gasteiger partial charge in [-0.25, -0.2) is 9.18 Å². The van der Waals surface area contributed by atoms with Crippen LogP contribution in [0.15, 0.2) is 71.2 Å². The molecule has 4 rings (SSSR count). The number of halogens is 5. The first-order chi connectivity index (χ1) is 17.0. The average Bonchev–Trinajstić information content (AvgIpc) is 2.84. The lowest BCUT2D eigenvalue weighted by Crippen LogP contribution is -2.58. The molecule has 11 heteroatoms. The van der Waals surface area contributed by atoms with Crippen LogP contribution in [0.1, 0.15) is 21.5 Å². The van der Waals surface area contributed by atoms with E-state index in [1.165, 1.54) is 25.3 Å². The van der Waals surface area contributed by atoms with Crippen LogP contribution < -0.4 is 15.0 Å². The van der Waals surface area contributed by atoms with Gasteiger partial charge in [0.1, 0.15) is 11.6 Å². The maximum absolute atomic E-state index is 14.6. The molecule has 2 amide bonds. The van der Waals surface area contributed by atoms with Crippen molar-refractivity contribution < 1.29 is 36.6 Å². The summed E-state index contributed by atoms with van der Waals surface area (Å²) in [6.07, 6.45) is -6.31. The molecule has 0 saturated carbocycles. The van der Waals surface area contributed by atoms with Gasteiger partial charge < -0.3 is 14.8 Å². The van der Waals surface area contributed by atoms with Crippen LogP contribution in [0.2, 0.25) is 0 Å². The number of ether oxygens (including phenoxy) is 2. The predicted octanol–water partition coefficient (Wildman–Crippen LogP) is 5.94. The lowest BCUT2D eigenvalue weighted by molar-refractivity contribution is -0.262. The van der Waals surface area contributed by atoms with Crippen molar-refractivity contribution in [3.05, 3.63) is 93.7 Å². The molecule has 0 spiro atoms. The predicted molar refractivity (Wildman–Crippen MR) is 126 cm³/mol. The number of anilines is 1. The minimum absolute atomic E-state index is 0.0152. The van der Waals surface area contributed by atoms with Crippen molar-refractivity contribution in [1.82, 2.24) is 5.32 Å². The molecule has 1 atom stereocenters. The molecule has 1 heterocycles. The van der Waals surface area contributed by atoms with E-state index < -0.39 is 36.1 Å². The Bertz CT molecular complexity index is 1280. The maximum atomic E-state index is 14.6. The number of rotatable bonds is 6. The number of nitrogens with one attached hydrogen (secondary N) is 1. The molecule has 0 radical (unpaired) electrons. The van der Waals surface area contributed by atoms with Crippen molar-refractivity contribution >= 4 is 33.6 Å². The summed E-state index contributed by atoms with van der Waals surface area (Å²) in [6, 6.07) is 15.1. The molecule has 3 aromatic rings. The van der Waals surface area contributed by atoms with Gasteiger partial charge in [0, 0.05) is 15.6 Å². The third-order valence-electron chi connectivity index (χ3n) is 5.73. The van der Waals surface area contributed by atoms with Crippen molar-refractivity contribution in [3.8, 4) is 5.75 Å². The van der Waals surface area contributed by atoms with Crippen molar-refractivity contribution in [2.24, 2.45) is 0 Å². The Kier molecular flexibility index (Phi) is 6.94. The van der Waals surface area contributed by atoms with E-state index in [1.807, 2.05) is 0 Å². The summed E-state index contributed by atoms with van der Waals surface area (Å²) in [5, 5.41) is 2.19. The Labute approximate surface area is 211 Å². The van der Waals surface area contributed by atoms with Crippen LogP contribution >= 0.6 is 15.9 Å². The molecule has 1 N–H and O–H groups in total. The number of amides is 2. The zero-order chi connectivity index (χ0) is 26.1. The summed E-state index contributed by atoms with van der Waals surface area (Å²) in [6.45, 7) is -1.15. The van der Waals surface area contributed by atoms with Gasteiger partial charge >= 0.3 is 12.3 Å². The lowest BCUT2D eigenvalue weighted by atomic mass is 9.89. The molecular weight excluding hydrogens is 548 g/mol. The SMILES string of the molecule is COc1ccc(CN2C(=O)OC(CNC(=O)c3ccc(F)cc3)(C(F)(F)F)c3cc(Br)ccc32)cc1. The quantitative estimate of drug-likeness (QED) is 0.375. The normalized spacial score (nSPS) is 17.3. The van der Waals surface area contributed by atoms with E-state index in [-0.39, 0.29) is 23.4 Å². The third kappa shape index (κ3) is 4.88. The third-order valence-corrected chi connectivity index (χ3v) is 6.22. The molecule has 3 aromatic carbocycles. The van der Waals surface area contributed by atoms with Gasteiger partial charge in [-0.1, -0.05) is 28.1 Å². The fraction of sp³-hybridized carbons (Fsp3) is 0.200. The Hall–Kier alpha value is -3.60. The number of carbonyl (C=O) groups excluding carboxylic acids is 2. The van der Waals surface area contributed by atoms with Crippen molar-refractivity contribution in [2.75, 3.05) is 18.6 Å². The Morgan fingerprint density at radius 1 is 1.08 bits per heavy atom. The highest BCUT2D eigenvalue weighted by molar-refractivity contribution is 9.10. The summed E-state index contributed by atoms with van der Waals surface area (Å²) in [5.41, 5.74) is -2.94. The van der Waals surface area contributed by atoms with Crippen LogP contribution in [0.25, 0.3) is 0 Å². The zero-order valence-corrected chi connectivity index (χ0v) is 20.3. The van der Waals surface area contributed by atoms with E-state index in [4.69, 9.17) is 9.47 Å². The summed E-state index contributed by atoms with van der Waals surface area (Å²) in [7, 11) is 1.50. The Morgan fingerprint density at radius 2 is 1.75 bits per heavy atom. The second-order valence-electron chi connectivity index (χ2n) is 7.98. The van der Waals surface area contributed by atoms with Crippen LogP contribution in [0.3, 0.4) is 0 Å². The molecule has 6 nitrogen and oxygen atoms in total. The largest absolute Gasteiger partial charge is 0.497 e. The number of hydrogen-bond donors (Lipinski definition) is 1. The van der Waals surface area contributed by atoms with E-state index in [0.29, 0.717) is 15.8 Å². The van der Waals surface area contributed by atoms with Gasteiger partial charge in [-0.05, 0) is 60.2 Å². The molecule has 1 aliphatic heterocycles. The monoisotopic (exact) mass is 566 g/mol. The van der Waals surface area contributed by atoms with Crippen LogP contribution in [0.4, 0.5) is 28.0 Å². The molecule has 36 heavy (non-hydrogen) atoms. The second-order valence-corrected chi connectivity index (χ2v) is 8.89. The number of alkyl halides is 3. The second kappa shape index (κ2) is 9.81. The fourth-order valence-corrected chi connectivity index (χ4v) is 4.20. The molecule has 1 unspecified atom stereocenters. The van der Waals surface area contributed by atoms with Gasteiger partial charge in [0.05, 0.1) is 25.9 Å². The first kappa shape index (κ1) is 25.5. The van der Waals surface area contributed by atoms with Gasteiger partial charge in [0.25, 0.3) is 11.5 Å².